The summed E-state index contributed by atoms with van der Waals surface area (Å²) in [5.74, 6) is -2.34. The first-order chi connectivity index (χ1) is 8.97. The highest BCUT2D eigenvalue weighted by Crippen LogP contribution is 2.21. The van der Waals surface area contributed by atoms with Crippen LogP contribution in [0.5, 0.6) is 0 Å². The number of nitrogens with two attached hydrogens (primary N) is 1. The van der Waals surface area contributed by atoms with E-state index in [4.69, 9.17) is 21.8 Å². The number of furan rings is 1. The van der Waals surface area contributed by atoms with Crippen molar-refractivity contribution in [2.45, 2.75) is 6.54 Å². The summed E-state index contributed by atoms with van der Waals surface area (Å²) in [6.07, 6.45) is 0. The molecule has 0 radical (unpaired) electrons. The SMILES string of the molecule is NC(=O)c1cc(NCc2ccc(Cl)o2)c(F)cc1F. The number of halogens is 3. The van der Waals surface area contributed by atoms with Gasteiger partial charge in [-0.15, -0.1) is 0 Å². The molecule has 0 atom stereocenters. The zero-order valence-electron chi connectivity index (χ0n) is 9.54. The van der Waals surface area contributed by atoms with Crippen LogP contribution < -0.4 is 11.1 Å². The third-order valence-electron chi connectivity index (χ3n) is 2.40. The summed E-state index contributed by atoms with van der Waals surface area (Å²) in [5.41, 5.74) is 4.54. The van der Waals surface area contributed by atoms with Crippen LogP contribution in [-0.2, 0) is 6.54 Å². The highest BCUT2D eigenvalue weighted by molar-refractivity contribution is 6.28. The lowest BCUT2D eigenvalue weighted by atomic mass is 10.1. The van der Waals surface area contributed by atoms with Gasteiger partial charge in [-0.2, -0.15) is 0 Å². The Balaban J connectivity index is 2.20. The Bertz CT molecular complexity index is 628. The smallest absolute Gasteiger partial charge is 0.251 e. The van der Waals surface area contributed by atoms with Crippen molar-refractivity contribution >= 4 is 23.2 Å². The van der Waals surface area contributed by atoms with Crippen molar-refractivity contribution in [1.82, 2.24) is 0 Å². The van der Waals surface area contributed by atoms with Gasteiger partial charge in [-0.05, 0) is 29.8 Å². The summed E-state index contributed by atoms with van der Waals surface area (Å²) in [7, 11) is 0. The van der Waals surface area contributed by atoms with Gasteiger partial charge in [-0.1, -0.05) is 0 Å². The zero-order chi connectivity index (χ0) is 14.0. The molecule has 2 aromatic rings. The number of rotatable bonds is 4. The van der Waals surface area contributed by atoms with Crippen LogP contribution in [0.25, 0.3) is 0 Å². The normalized spacial score (nSPS) is 10.5. The molecule has 1 aromatic heterocycles. The van der Waals surface area contributed by atoms with Crippen molar-refractivity contribution < 1.29 is 18.0 Å². The molecule has 1 heterocycles. The topological polar surface area (TPSA) is 68.3 Å². The van der Waals surface area contributed by atoms with Crippen LogP contribution in [0.2, 0.25) is 5.22 Å². The Morgan fingerprint density at radius 2 is 2.05 bits per heavy atom. The van der Waals surface area contributed by atoms with Gasteiger partial charge < -0.3 is 15.5 Å². The second kappa shape index (κ2) is 5.27. The highest BCUT2D eigenvalue weighted by Gasteiger charge is 2.14. The van der Waals surface area contributed by atoms with Crippen LogP contribution in [0.1, 0.15) is 16.1 Å². The fourth-order valence-corrected chi connectivity index (χ4v) is 1.66. The summed E-state index contributed by atoms with van der Waals surface area (Å²) in [6.45, 7) is 0.132. The number of primary amides is 1. The van der Waals surface area contributed by atoms with E-state index in [0.717, 1.165) is 6.07 Å². The minimum absolute atomic E-state index is 0.0530. The van der Waals surface area contributed by atoms with E-state index in [-0.39, 0.29) is 23.0 Å². The predicted octanol–water partition coefficient (Wildman–Crippen LogP) is 2.92. The van der Waals surface area contributed by atoms with Gasteiger partial charge >= 0.3 is 0 Å². The molecular weight excluding hydrogens is 278 g/mol. The Hall–Kier alpha value is -2.08. The maximum atomic E-state index is 13.5. The van der Waals surface area contributed by atoms with Gasteiger partial charge in [0.25, 0.3) is 5.91 Å². The lowest BCUT2D eigenvalue weighted by molar-refractivity contribution is 0.0996. The highest BCUT2D eigenvalue weighted by atomic mass is 35.5. The van der Waals surface area contributed by atoms with Gasteiger partial charge in [0.2, 0.25) is 0 Å². The standard InChI is InChI=1S/C12H9ClF2N2O2/c13-11-2-1-6(19-11)5-17-10-3-7(12(16)18)8(14)4-9(10)15/h1-4,17H,5H2,(H2,16,18). The summed E-state index contributed by atoms with van der Waals surface area (Å²) >= 11 is 5.58. The molecule has 0 aliphatic rings. The van der Waals surface area contributed by atoms with Gasteiger partial charge in [0, 0.05) is 6.07 Å². The van der Waals surface area contributed by atoms with Gasteiger partial charge in [-0.25, -0.2) is 8.78 Å². The molecule has 0 bridgehead atoms. The van der Waals surface area contributed by atoms with Gasteiger partial charge in [0.05, 0.1) is 17.8 Å². The van der Waals surface area contributed by atoms with E-state index in [0.29, 0.717) is 11.8 Å². The zero-order valence-corrected chi connectivity index (χ0v) is 10.3. The molecule has 0 fully saturated rings. The van der Waals surface area contributed by atoms with Crippen molar-refractivity contribution in [3.8, 4) is 0 Å². The van der Waals surface area contributed by atoms with Crippen LogP contribution in [0.3, 0.4) is 0 Å². The molecule has 0 spiro atoms. The first-order valence-electron chi connectivity index (χ1n) is 5.24. The minimum atomic E-state index is -1.00. The van der Waals surface area contributed by atoms with Crippen molar-refractivity contribution in [1.29, 1.82) is 0 Å². The van der Waals surface area contributed by atoms with Gasteiger partial charge in [0.15, 0.2) is 5.22 Å². The van der Waals surface area contributed by atoms with Crippen LogP contribution >= 0.6 is 11.6 Å². The average Bonchev–Trinajstić information content (AvgIpc) is 2.73. The van der Waals surface area contributed by atoms with Crippen molar-refractivity contribution in [3.05, 3.63) is 52.4 Å². The Morgan fingerprint density at radius 3 is 2.63 bits per heavy atom. The Kier molecular flexibility index (Phi) is 3.71. The fraction of sp³-hybridized carbons (Fsp3) is 0.0833. The van der Waals surface area contributed by atoms with E-state index in [2.05, 4.69) is 5.32 Å². The second-order valence-corrected chi connectivity index (χ2v) is 4.11. The average molecular weight is 287 g/mol. The maximum Gasteiger partial charge on any atom is 0.251 e. The summed E-state index contributed by atoms with van der Waals surface area (Å²) in [5, 5.41) is 2.87. The molecular formula is C12H9ClF2N2O2. The molecule has 2 rings (SSSR count). The molecule has 7 heteroatoms. The number of benzene rings is 1. The van der Waals surface area contributed by atoms with Crippen LogP contribution in [-0.4, -0.2) is 5.91 Å². The number of carbonyl (C=O) groups is 1. The molecule has 0 aliphatic heterocycles. The van der Waals surface area contributed by atoms with E-state index in [1.54, 1.807) is 6.07 Å². The molecule has 100 valence electrons. The van der Waals surface area contributed by atoms with E-state index in [1.807, 2.05) is 0 Å². The Morgan fingerprint density at radius 1 is 1.32 bits per heavy atom. The first-order valence-corrected chi connectivity index (χ1v) is 5.62. The van der Waals surface area contributed by atoms with Crippen molar-refractivity contribution in [2.24, 2.45) is 5.73 Å². The molecule has 4 nitrogen and oxygen atoms in total. The van der Waals surface area contributed by atoms with E-state index < -0.39 is 17.5 Å². The lowest BCUT2D eigenvalue weighted by Crippen LogP contribution is -2.14. The monoisotopic (exact) mass is 286 g/mol. The molecule has 19 heavy (non-hydrogen) atoms. The van der Waals surface area contributed by atoms with E-state index >= 15 is 0 Å². The maximum absolute atomic E-state index is 13.5. The lowest BCUT2D eigenvalue weighted by Gasteiger charge is -2.08. The van der Waals surface area contributed by atoms with E-state index in [9.17, 15) is 13.6 Å². The number of hydrogen-bond acceptors (Lipinski definition) is 3. The van der Waals surface area contributed by atoms with E-state index in [1.165, 1.54) is 6.07 Å². The molecule has 0 aliphatic carbocycles. The minimum Gasteiger partial charge on any atom is -0.448 e. The summed E-state index contributed by atoms with van der Waals surface area (Å²) in [4.78, 5) is 11.0. The molecule has 3 N–H and O–H groups in total. The molecule has 0 saturated carbocycles. The quantitative estimate of drug-likeness (QED) is 0.908. The fourth-order valence-electron chi connectivity index (χ4n) is 1.50. The second-order valence-electron chi connectivity index (χ2n) is 3.74. The number of amides is 1. The largest absolute Gasteiger partial charge is 0.448 e. The van der Waals surface area contributed by atoms with Gasteiger partial charge in [0.1, 0.15) is 17.4 Å². The van der Waals surface area contributed by atoms with Crippen LogP contribution in [0.4, 0.5) is 14.5 Å². The molecule has 0 unspecified atom stereocenters. The summed E-state index contributed by atoms with van der Waals surface area (Å²) < 4.78 is 31.8. The van der Waals surface area contributed by atoms with Gasteiger partial charge in [-0.3, -0.25) is 4.79 Å². The third-order valence-corrected chi connectivity index (χ3v) is 2.61. The number of carbonyl (C=O) groups excluding carboxylic acids is 1. The molecule has 0 saturated heterocycles. The number of hydrogen-bond donors (Lipinski definition) is 2. The van der Waals surface area contributed by atoms with Crippen molar-refractivity contribution in [2.75, 3.05) is 5.32 Å². The van der Waals surface area contributed by atoms with Crippen LogP contribution in [0.15, 0.2) is 28.7 Å². The molecule has 1 amide bonds. The third kappa shape index (κ3) is 3.03. The molecule has 1 aromatic carbocycles. The number of nitrogens with one attached hydrogen (secondary N) is 1. The summed E-state index contributed by atoms with van der Waals surface area (Å²) in [6, 6.07) is 4.75. The number of anilines is 1. The van der Waals surface area contributed by atoms with Crippen molar-refractivity contribution in [3.63, 3.8) is 0 Å². The van der Waals surface area contributed by atoms with Crippen LogP contribution in [0, 0.1) is 11.6 Å². The Labute approximate surface area is 112 Å². The first kappa shape index (κ1) is 13.4. The predicted molar refractivity (Wildman–Crippen MR) is 65.9 cm³/mol.